The minimum Gasteiger partial charge on any atom is -0.453 e. The van der Waals surface area contributed by atoms with Crippen molar-refractivity contribution in [2.75, 3.05) is 0 Å². The second-order valence-corrected chi connectivity index (χ2v) is 8.25. The van der Waals surface area contributed by atoms with Gasteiger partial charge in [0.1, 0.15) is 11.2 Å². The summed E-state index contributed by atoms with van der Waals surface area (Å²) in [6.45, 7) is 1.77. The summed E-state index contributed by atoms with van der Waals surface area (Å²) in [5.74, 6) is 0. The van der Waals surface area contributed by atoms with Gasteiger partial charge < -0.3 is 9.40 Å². The first kappa shape index (κ1) is 17.3. The molecule has 0 spiro atoms. The molecule has 0 amide bonds. The fourth-order valence-electron chi connectivity index (χ4n) is 4.88. The molecular formula is C22H21N5O3. The van der Waals surface area contributed by atoms with E-state index < -0.39 is 0 Å². The minimum atomic E-state index is -0.157. The molecule has 0 bridgehead atoms. The van der Waals surface area contributed by atoms with Gasteiger partial charge in [0.25, 0.3) is 5.56 Å². The molecule has 1 fully saturated rings. The van der Waals surface area contributed by atoms with E-state index in [1.54, 1.807) is 29.9 Å². The maximum atomic E-state index is 13.1. The first-order valence-electron chi connectivity index (χ1n) is 10.2. The van der Waals surface area contributed by atoms with Crippen LogP contribution in [0.15, 0.2) is 38.5 Å². The van der Waals surface area contributed by atoms with Crippen molar-refractivity contribution in [2.45, 2.75) is 38.6 Å². The third-order valence-corrected chi connectivity index (χ3v) is 6.39. The maximum absolute atomic E-state index is 13.1. The largest absolute Gasteiger partial charge is 0.453 e. The van der Waals surface area contributed by atoms with Crippen molar-refractivity contribution in [3.8, 4) is 11.1 Å². The van der Waals surface area contributed by atoms with Gasteiger partial charge >= 0.3 is 0 Å². The molecule has 30 heavy (non-hydrogen) atoms. The normalized spacial score (nSPS) is 15.3. The van der Waals surface area contributed by atoms with Crippen LogP contribution in [0.3, 0.4) is 0 Å². The molecule has 6 rings (SSSR count). The number of pyridine rings is 1. The Bertz CT molecular complexity index is 1570. The Labute approximate surface area is 170 Å². The molecule has 1 aliphatic carbocycles. The molecular weight excluding hydrogens is 382 g/mol. The van der Waals surface area contributed by atoms with E-state index in [2.05, 4.69) is 15.2 Å². The SMILES string of the molecule is Cc1c(=O)ccc2c1oc1c(-c3cnn(C)c3)c3c(=O)[nH]n(C4CCCC4)c3[nH]c12. The number of rotatable bonds is 2. The monoisotopic (exact) mass is 403 g/mol. The number of nitrogens with one attached hydrogen (secondary N) is 2. The quantitative estimate of drug-likeness (QED) is 0.469. The number of hydrogen-bond donors (Lipinski definition) is 2. The second-order valence-electron chi connectivity index (χ2n) is 8.25. The molecule has 4 heterocycles. The number of nitrogens with zero attached hydrogens (tertiary/aromatic N) is 3. The van der Waals surface area contributed by atoms with Crippen molar-refractivity contribution < 1.29 is 4.42 Å². The summed E-state index contributed by atoms with van der Waals surface area (Å²) >= 11 is 0. The van der Waals surface area contributed by atoms with E-state index in [-0.39, 0.29) is 17.0 Å². The number of aromatic nitrogens is 5. The smallest absolute Gasteiger partial charge is 0.274 e. The van der Waals surface area contributed by atoms with Gasteiger partial charge in [0.15, 0.2) is 11.0 Å². The fraction of sp³-hybridized carbons (Fsp3) is 0.318. The van der Waals surface area contributed by atoms with Crippen molar-refractivity contribution in [1.29, 1.82) is 0 Å². The van der Waals surface area contributed by atoms with E-state index in [1.807, 2.05) is 17.9 Å². The lowest BCUT2D eigenvalue weighted by Crippen LogP contribution is -2.10. The Balaban J connectivity index is 1.83. The van der Waals surface area contributed by atoms with Gasteiger partial charge in [-0.15, -0.1) is 0 Å². The highest BCUT2D eigenvalue weighted by Crippen LogP contribution is 2.40. The number of aryl methyl sites for hydroxylation is 2. The predicted octanol–water partition coefficient (Wildman–Crippen LogP) is 3.74. The maximum Gasteiger partial charge on any atom is 0.274 e. The molecule has 1 aliphatic rings. The molecule has 152 valence electrons. The van der Waals surface area contributed by atoms with Gasteiger partial charge in [-0.3, -0.25) is 24.1 Å². The minimum absolute atomic E-state index is 0.0673. The number of aromatic amines is 2. The van der Waals surface area contributed by atoms with Crippen LogP contribution in [0.4, 0.5) is 0 Å². The Kier molecular flexibility index (Phi) is 3.45. The van der Waals surface area contributed by atoms with Crippen LogP contribution in [-0.2, 0) is 7.05 Å². The number of fused-ring (bicyclic) bond motifs is 4. The van der Waals surface area contributed by atoms with Gasteiger partial charge in [-0.1, -0.05) is 12.8 Å². The first-order chi connectivity index (χ1) is 14.5. The average Bonchev–Trinajstić information content (AvgIpc) is 3.50. The summed E-state index contributed by atoms with van der Waals surface area (Å²) in [5, 5.41) is 8.75. The topological polar surface area (TPSA) is 102 Å². The van der Waals surface area contributed by atoms with Gasteiger partial charge in [0.05, 0.1) is 23.1 Å². The highest BCUT2D eigenvalue weighted by Gasteiger charge is 2.26. The molecule has 2 N–H and O–H groups in total. The van der Waals surface area contributed by atoms with Crippen LogP contribution >= 0.6 is 0 Å². The highest BCUT2D eigenvalue weighted by molar-refractivity contribution is 6.14. The summed E-state index contributed by atoms with van der Waals surface area (Å²) in [6.07, 6.45) is 8.00. The molecule has 8 nitrogen and oxygen atoms in total. The standard InChI is InChI=1S/C22H21N5O3/c1-11-15(28)8-7-14-18-20(30-19(11)14)16(12-9-23-26(2)10-12)17-21(24-18)27(25-22(17)29)13-5-3-4-6-13/h7-10,13,24H,3-6H2,1-2H3,(H,25,29). The Morgan fingerprint density at radius 1 is 1.17 bits per heavy atom. The van der Waals surface area contributed by atoms with Gasteiger partial charge in [-0.05, 0) is 31.9 Å². The number of hydrogen-bond acceptors (Lipinski definition) is 4. The van der Waals surface area contributed by atoms with Crippen molar-refractivity contribution in [3.05, 3.63) is 50.7 Å². The van der Waals surface area contributed by atoms with Crippen LogP contribution in [0, 0.1) is 6.92 Å². The average molecular weight is 403 g/mol. The van der Waals surface area contributed by atoms with Gasteiger partial charge in [0, 0.05) is 35.3 Å². The summed E-state index contributed by atoms with van der Waals surface area (Å²) in [6, 6.07) is 3.62. The number of benzene rings is 1. The van der Waals surface area contributed by atoms with E-state index in [4.69, 9.17) is 4.42 Å². The summed E-state index contributed by atoms with van der Waals surface area (Å²) in [7, 11) is 1.84. The predicted molar refractivity (Wildman–Crippen MR) is 115 cm³/mol. The van der Waals surface area contributed by atoms with Crippen LogP contribution in [0.2, 0.25) is 0 Å². The molecule has 4 aromatic heterocycles. The molecule has 8 heteroatoms. The van der Waals surface area contributed by atoms with Crippen LogP contribution in [0.5, 0.6) is 0 Å². The molecule has 1 aromatic carbocycles. The first-order valence-corrected chi connectivity index (χ1v) is 10.2. The Morgan fingerprint density at radius 3 is 2.70 bits per heavy atom. The Hall–Kier alpha value is -3.55. The summed E-state index contributed by atoms with van der Waals surface area (Å²) < 4.78 is 9.91. The zero-order chi connectivity index (χ0) is 20.6. The molecule has 1 saturated carbocycles. The Morgan fingerprint density at radius 2 is 1.97 bits per heavy atom. The zero-order valence-corrected chi connectivity index (χ0v) is 16.8. The van der Waals surface area contributed by atoms with Crippen molar-refractivity contribution in [3.63, 3.8) is 0 Å². The molecule has 0 atom stereocenters. The van der Waals surface area contributed by atoms with Crippen LogP contribution in [0.1, 0.15) is 37.3 Å². The van der Waals surface area contributed by atoms with Crippen LogP contribution in [0.25, 0.3) is 44.2 Å². The van der Waals surface area contributed by atoms with E-state index in [9.17, 15) is 9.59 Å². The third kappa shape index (κ3) is 2.24. The number of furan rings is 1. The molecule has 0 unspecified atom stereocenters. The second kappa shape index (κ2) is 5.98. The van der Waals surface area contributed by atoms with Crippen LogP contribution in [-0.4, -0.2) is 24.5 Å². The van der Waals surface area contributed by atoms with E-state index in [1.165, 1.54) is 0 Å². The van der Waals surface area contributed by atoms with Crippen molar-refractivity contribution in [1.82, 2.24) is 24.5 Å². The molecule has 0 saturated heterocycles. The lowest BCUT2D eigenvalue weighted by atomic mass is 10.0. The fourth-order valence-corrected chi connectivity index (χ4v) is 4.88. The van der Waals surface area contributed by atoms with Crippen molar-refractivity contribution in [2.24, 2.45) is 7.05 Å². The molecule has 0 radical (unpaired) electrons. The number of H-pyrrole nitrogens is 2. The van der Waals surface area contributed by atoms with E-state index in [0.717, 1.165) is 47.8 Å². The summed E-state index contributed by atoms with van der Waals surface area (Å²) in [5.41, 5.74) is 4.49. The van der Waals surface area contributed by atoms with Gasteiger partial charge in [0.2, 0.25) is 0 Å². The van der Waals surface area contributed by atoms with E-state index in [0.29, 0.717) is 27.7 Å². The van der Waals surface area contributed by atoms with Crippen LogP contribution < -0.4 is 11.0 Å². The molecule has 5 aromatic rings. The van der Waals surface area contributed by atoms with E-state index >= 15 is 0 Å². The highest BCUT2D eigenvalue weighted by atomic mass is 16.3. The lowest BCUT2D eigenvalue weighted by molar-refractivity contribution is 0.476. The zero-order valence-electron chi connectivity index (χ0n) is 16.8. The summed E-state index contributed by atoms with van der Waals surface area (Å²) in [4.78, 5) is 28.8. The van der Waals surface area contributed by atoms with Gasteiger partial charge in [-0.2, -0.15) is 5.10 Å². The van der Waals surface area contributed by atoms with Gasteiger partial charge in [-0.25, -0.2) is 0 Å². The van der Waals surface area contributed by atoms with Crippen molar-refractivity contribution >= 4 is 33.1 Å². The lowest BCUT2D eigenvalue weighted by Gasteiger charge is -2.12. The molecule has 0 aliphatic heterocycles. The third-order valence-electron chi connectivity index (χ3n) is 6.39.